The minimum atomic E-state index is -1.63. The molecule has 0 amide bonds. The molecule has 3 aliphatic rings. The van der Waals surface area contributed by atoms with E-state index in [1.54, 1.807) is 4.90 Å². The minimum absolute atomic E-state index is 0.0790. The molecule has 0 radical (unpaired) electrons. The number of anilines is 2. The van der Waals surface area contributed by atoms with Gasteiger partial charge >= 0.3 is 5.97 Å². The Morgan fingerprint density at radius 1 is 1.29 bits per heavy atom. The number of carbonyl (C=O) groups is 3. The molecule has 1 aromatic rings. The van der Waals surface area contributed by atoms with Crippen molar-refractivity contribution in [3.63, 3.8) is 0 Å². The monoisotopic (exact) mass is 391 g/mol. The van der Waals surface area contributed by atoms with Crippen molar-refractivity contribution in [1.82, 2.24) is 0 Å². The van der Waals surface area contributed by atoms with Crippen LogP contribution in [0.1, 0.15) is 30.1 Å². The molecule has 1 aliphatic carbocycles. The predicted octanol–water partition coefficient (Wildman–Crippen LogP) is 0.805. The molecule has 28 heavy (non-hydrogen) atoms. The van der Waals surface area contributed by atoms with Crippen LogP contribution in [-0.4, -0.2) is 61.0 Å². The van der Waals surface area contributed by atoms with Gasteiger partial charge in [-0.2, -0.15) is 0 Å². The summed E-state index contributed by atoms with van der Waals surface area (Å²) in [5, 5.41) is 9.61. The predicted molar refractivity (Wildman–Crippen MR) is 98.6 cm³/mol. The lowest BCUT2D eigenvalue weighted by Crippen LogP contribution is -2.54. The zero-order valence-corrected chi connectivity index (χ0v) is 15.6. The van der Waals surface area contributed by atoms with Crippen molar-refractivity contribution < 1.29 is 28.6 Å². The topological polar surface area (TPSA) is 113 Å². The van der Waals surface area contributed by atoms with E-state index < -0.39 is 29.4 Å². The first-order valence-corrected chi connectivity index (χ1v) is 9.27. The minimum Gasteiger partial charge on any atom is -0.492 e. The average Bonchev–Trinajstić information content (AvgIpc) is 3.42. The maximum Gasteiger partial charge on any atom is 0.334 e. The third-order valence-corrected chi connectivity index (χ3v) is 5.80. The SMILES string of the molecule is COc1c(N2C[C@@H](N)[C@@H](C)C2)c(F)cc2c1N(C1CC1)C(C(=O)O)C(=O)C2=O. The second-order valence-corrected chi connectivity index (χ2v) is 7.76. The second-order valence-electron chi connectivity index (χ2n) is 7.76. The highest BCUT2D eigenvalue weighted by atomic mass is 19.1. The molecule has 0 bridgehead atoms. The van der Waals surface area contributed by atoms with Crippen LogP contribution in [0, 0.1) is 11.7 Å². The van der Waals surface area contributed by atoms with E-state index in [9.17, 15) is 19.5 Å². The zero-order chi connectivity index (χ0) is 20.3. The number of rotatable bonds is 4. The molecule has 4 rings (SSSR count). The van der Waals surface area contributed by atoms with Crippen molar-refractivity contribution in [3.05, 3.63) is 17.4 Å². The molecule has 3 N–H and O–H groups in total. The fraction of sp³-hybridized carbons (Fsp3) is 0.526. The number of ether oxygens (including phenoxy) is 1. The van der Waals surface area contributed by atoms with Gasteiger partial charge in [-0.15, -0.1) is 0 Å². The molecule has 8 nitrogen and oxygen atoms in total. The van der Waals surface area contributed by atoms with Crippen LogP contribution < -0.4 is 20.3 Å². The molecule has 1 unspecified atom stereocenters. The highest BCUT2D eigenvalue weighted by molar-refractivity contribution is 6.51. The number of ketones is 2. The molecular weight excluding hydrogens is 369 g/mol. The lowest BCUT2D eigenvalue weighted by Gasteiger charge is -2.37. The van der Waals surface area contributed by atoms with Gasteiger partial charge in [-0.3, -0.25) is 9.59 Å². The molecule has 1 saturated carbocycles. The molecule has 2 heterocycles. The van der Waals surface area contributed by atoms with Crippen LogP contribution in [-0.2, 0) is 9.59 Å². The van der Waals surface area contributed by atoms with Crippen LogP contribution in [0.15, 0.2) is 6.07 Å². The van der Waals surface area contributed by atoms with Crippen LogP contribution >= 0.6 is 0 Å². The number of carboxylic acids is 1. The van der Waals surface area contributed by atoms with E-state index in [0.29, 0.717) is 25.9 Å². The third-order valence-electron chi connectivity index (χ3n) is 5.80. The van der Waals surface area contributed by atoms with E-state index in [0.717, 1.165) is 6.07 Å². The number of aliphatic carboxylic acids is 1. The summed E-state index contributed by atoms with van der Waals surface area (Å²) in [6.45, 7) is 2.88. The number of hydrogen-bond acceptors (Lipinski definition) is 7. The maximum absolute atomic E-state index is 15.1. The van der Waals surface area contributed by atoms with Crippen molar-refractivity contribution >= 4 is 28.9 Å². The number of nitrogens with zero attached hydrogens (tertiary/aromatic N) is 2. The van der Waals surface area contributed by atoms with Crippen molar-refractivity contribution in [2.75, 3.05) is 30.0 Å². The largest absolute Gasteiger partial charge is 0.492 e. The van der Waals surface area contributed by atoms with Crippen LogP contribution in [0.2, 0.25) is 0 Å². The summed E-state index contributed by atoms with van der Waals surface area (Å²) < 4.78 is 20.6. The molecule has 0 aromatic heterocycles. The van der Waals surface area contributed by atoms with E-state index in [2.05, 4.69) is 0 Å². The van der Waals surface area contributed by atoms with E-state index >= 15 is 4.39 Å². The summed E-state index contributed by atoms with van der Waals surface area (Å²) in [5.41, 5.74) is 6.27. The average molecular weight is 391 g/mol. The molecule has 9 heteroatoms. The molecule has 150 valence electrons. The first-order valence-electron chi connectivity index (χ1n) is 9.27. The summed E-state index contributed by atoms with van der Waals surface area (Å²) in [6.07, 6.45) is 1.37. The van der Waals surface area contributed by atoms with Gasteiger partial charge < -0.3 is 25.4 Å². The smallest absolute Gasteiger partial charge is 0.334 e. The highest BCUT2D eigenvalue weighted by Gasteiger charge is 2.51. The number of carbonyl (C=O) groups excluding carboxylic acids is 2. The second kappa shape index (κ2) is 6.44. The lowest BCUT2D eigenvalue weighted by atomic mass is 9.91. The Hall–Kier alpha value is -2.68. The molecule has 0 spiro atoms. The van der Waals surface area contributed by atoms with E-state index in [1.807, 2.05) is 6.92 Å². The normalized spacial score (nSPS) is 27.2. The highest BCUT2D eigenvalue weighted by Crippen LogP contribution is 2.49. The van der Waals surface area contributed by atoms with Crippen molar-refractivity contribution in [3.8, 4) is 5.75 Å². The number of fused-ring (bicyclic) bond motifs is 1. The maximum atomic E-state index is 15.1. The number of benzene rings is 1. The van der Waals surface area contributed by atoms with Gasteiger partial charge in [-0.05, 0) is 24.8 Å². The molecule has 1 saturated heterocycles. The van der Waals surface area contributed by atoms with E-state index in [1.165, 1.54) is 12.0 Å². The number of nitrogens with two attached hydrogens (primary N) is 1. The summed E-state index contributed by atoms with van der Waals surface area (Å²) in [6, 6.07) is -0.951. The summed E-state index contributed by atoms with van der Waals surface area (Å²) in [4.78, 5) is 40.0. The molecular formula is C19H22FN3O5. The Kier molecular flexibility index (Phi) is 4.29. The lowest BCUT2D eigenvalue weighted by molar-refractivity contribution is -0.141. The standard InChI is InChI=1S/C19H22FN3O5/c1-8-6-22(7-12(8)21)14-11(20)5-10-13(18(14)28-2)23(9-3-4-9)15(19(26)27)17(25)16(10)24/h5,8-9,12,15H,3-4,6-7,21H2,1-2H3,(H,26,27)/t8-,12+,15?/m0/s1. The van der Waals surface area contributed by atoms with E-state index in [-0.39, 0.29) is 40.7 Å². The number of methoxy groups -OCH3 is 1. The first kappa shape index (κ1) is 18.7. The Morgan fingerprint density at radius 3 is 2.46 bits per heavy atom. The van der Waals surface area contributed by atoms with Crippen LogP contribution in [0.5, 0.6) is 5.75 Å². The fourth-order valence-electron chi connectivity index (χ4n) is 4.19. The van der Waals surface area contributed by atoms with Gasteiger partial charge in [0.2, 0.25) is 11.6 Å². The first-order chi connectivity index (χ1) is 13.3. The van der Waals surface area contributed by atoms with Gasteiger partial charge in [0.15, 0.2) is 17.6 Å². The fourth-order valence-corrected chi connectivity index (χ4v) is 4.19. The van der Waals surface area contributed by atoms with Gasteiger partial charge in [0.1, 0.15) is 5.69 Å². The Bertz CT molecular complexity index is 875. The molecule has 2 aliphatic heterocycles. The summed E-state index contributed by atoms with van der Waals surface area (Å²) in [5.74, 6) is -3.94. The molecule has 1 aromatic carbocycles. The molecule has 2 fully saturated rings. The Labute approximate surface area is 161 Å². The van der Waals surface area contributed by atoms with Crippen LogP contribution in [0.4, 0.5) is 15.8 Å². The van der Waals surface area contributed by atoms with Crippen molar-refractivity contribution in [1.29, 1.82) is 0 Å². The van der Waals surface area contributed by atoms with Crippen LogP contribution in [0.25, 0.3) is 0 Å². The number of hydrogen-bond donors (Lipinski definition) is 2. The van der Waals surface area contributed by atoms with Crippen molar-refractivity contribution in [2.24, 2.45) is 11.7 Å². The summed E-state index contributed by atoms with van der Waals surface area (Å²) >= 11 is 0. The number of halogens is 1. The van der Waals surface area contributed by atoms with Crippen molar-refractivity contribution in [2.45, 2.75) is 37.9 Å². The van der Waals surface area contributed by atoms with Gasteiger partial charge in [-0.25, -0.2) is 9.18 Å². The third kappa shape index (κ3) is 2.64. The quantitative estimate of drug-likeness (QED) is 0.573. The van der Waals surface area contributed by atoms with E-state index in [4.69, 9.17) is 10.5 Å². The van der Waals surface area contributed by atoms with Crippen LogP contribution in [0.3, 0.4) is 0 Å². The number of Topliss-reactive ketones (excluding diaryl/α,β-unsaturated/α-hetero) is 2. The molecule has 3 atom stereocenters. The number of carboxylic acid groups (broad SMARTS) is 1. The van der Waals surface area contributed by atoms with Gasteiger partial charge in [-0.1, -0.05) is 6.92 Å². The van der Waals surface area contributed by atoms with Gasteiger partial charge in [0.05, 0.1) is 18.4 Å². The Balaban J connectivity index is 1.94. The van der Waals surface area contributed by atoms with Gasteiger partial charge in [0, 0.05) is 25.2 Å². The Morgan fingerprint density at radius 2 is 1.96 bits per heavy atom. The van der Waals surface area contributed by atoms with Gasteiger partial charge in [0.25, 0.3) is 0 Å². The zero-order valence-electron chi connectivity index (χ0n) is 15.6. The summed E-state index contributed by atoms with van der Waals surface area (Å²) in [7, 11) is 1.35.